The molecule has 6 bridgehead atoms. The van der Waals surface area contributed by atoms with Crippen LogP contribution in [0.4, 0.5) is 0 Å². The number of rotatable bonds is 2. The van der Waals surface area contributed by atoms with Crippen LogP contribution in [0.25, 0.3) is 0 Å². The second kappa shape index (κ2) is 5.83. The first kappa shape index (κ1) is 20.8. The molecule has 5 fully saturated rings. The van der Waals surface area contributed by atoms with Gasteiger partial charge in [-0.1, -0.05) is 62.3 Å². The summed E-state index contributed by atoms with van der Waals surface area (Å²) in [7, 11) is 0. The summed E-state index contributed by atoms with van der Waals surface area (Å²) in [6.07, 6.45) is 8.49. The van der Waals surface area contributed by atoms with Crippen molar-refractivity contribution >= 4 is 0 Å². The quantitative estimate of drug-likeness (QED) is 0.593. The van der Waals surface area contributed by atoms with Crippen molar-refractivity contribution in [2.24, 2.45) is 44.8 Å². The Morgan fingerprint density at radius 3 is 1.90 bits per heavy atom. The van der Waals surface area contributed by atoms with Crippen molar-refractivity contribution < 1.29 is 0 Å². The Morgan fingerprint density at radius 1 is 0.793 bits per heavy atom. The lowest BCUT2D eigenvalue weighted by Crippen LogP contribution is -2.63. The fraction of sp³-hybridized carbons (Fsp3) is 1.00. The molecule has 3 heterocycles. The molecule has 0 aromatic carbocycles. The number of piperidine rings is 2. The molecule has 0 spiro atoms. The van der Waals surface area contributed by atoms with Crippen LogP contribution in [-0.4, -0.2) is 24.2 Å². The Balaban J connectivity index is 1.60. The van der Waals surface area contributed by atoms with E-state index in [-0.39, 0.29) is 0 Å². The Morgan fingerprint density at radius 2 is 1.34 bits per heavy atom. The molecule has 29 heavy (non-hydrogen) atoms. The van der Waals surface area contributed by atoms with Crippen molar-refractivity contribution in [1.82, 2.24) is 10.6 Å². The van der Waals surface area contributed by atoms with E-state index in [4.69, 9.17) is 0 Å². The molecule has 0 amide bonds. The van der Waals surface area contributed by atoms with Crippen LogP contribution >= 0.6 is 0 Å². The number of hydrogen-bond donors (Lipinski definition) is 2. The molecule has 2 heteroatoms. The van der Waals surface area contributed by atoms with Gasteiger partial charge in [0.1, 0.15) is 0 Å². The monoisotopic (exact) mass is 400 g/mol. The molecule has 2 nitrogen and oxygen atoms in total. The van der Waals surface area contributed by atoms with Gasteiger partial charge in [0.15, 0.2) is 0 Å². The second-order valence-corrected chi connectivity index (χ2v) is 15.4. The lowest BCUT2D eigenvalue weighted by molar-refractivity contribution is -0.00254. The van der Waals surface area contributed by atoms with Crippen molar-refractivity contribution in [3.63, 3.8) is 0 Å². The standard InChI is InChI=1S/C27H48N2/c1-23(2,3)13-17-26(8)15-27(9,18(28-17)14-24(4,5)6)20-19(26)21-16-10-11-25(7,12-16)22(20)29-21/h16-22,28-29H,10-15H2,1-9H3. The maximum Gasteiger partial charge on any atom is 0.0161 e. The molecule has 5 aliphatic rings. The van der Waals surface area contributed by atoms with Gasteiger partial charge in [0, 0.05) is 24.2 Å². The lowest BCUT2D eigenvalue weighted by atomic mass is 9.60. The molecular formula is C27H48N2. The summed E-state index contributed by atoms with van der Waals surface area (Å²) in [5, 5.41) is 8.68. The zero-order valence-electron chi connectivity index (χ0n) is 20.8. The molecule has 10 atom stereocenters. The van der Waals surface area contributed by atoms with Crippen molar-refractivity contribution in [2.45, 2.75) is 125 Å². The van der Waals surface area contributed by atoms with Gasteiger partial charge in [-0.25, -0.2) is 0 Å². The minimum absolute atomic E-state index is 0.378. The number of fused-ring (bicyclic) bond motifs is 13. The topological polar surface area (TPSA) is 24.1 Å². The van der Waals surface area contributed by atoms with Crippen LogP contribution in [0.1, 0.15) is 101 Å². The normalized spacial score (nSPS) is 56.0. The molecular weight excluding hydrogens is 352 g/mol. The van der Waals surface area contributed by atoms with E-state index in [9.17, 15) is 0 Å². The highest BCUT2D eigenvalue weighted by Gasteiger charge is 2.75. The van der Waals surface area contributed by atoms with Crippen molar-refractivity contribution in [3.05, 3.63) is 0 Å². The van der Waals surface area contributed by atoms with Crippen LogP contribution in [0.3, 0.4) is 0 Å². The Kier molecular flexibility index (Phi) is 4.18. The zero-order valence-corrected chi connectivity index (χ0v) is 20.8. The summed E-state index contributed by atoms with van der Waals surface area (Å²) < 4.78 is 0. The summed E-state index contributed by atoms with van der Waals surface area (Å²) in [6, 6.07) is 2.84. The Bertz CT molecular complexity index is 686. The summed E-state index contributed by atoms with van der Waals surface area (Å²) in [5.74, 6) is 2.66. The molecule has 2 saturated carbocycles. The maximum atomic E-state index is 4.36. The van der Waals surface area contributed by atoms with Gasteiger partial charge >= 0.3 is 0 Å². The molecule has 3 aliphatic heterocycles. The molecule has 2 N–H and O–H groups in total. The first-order valence-corrected chi connectivity index (χ1v) is 12.7. The van der Waals surface area contributed by atoms with Gasteiger partial charge in [-0.3, -0.25) is 0 Å². The van der Waals surface area contributed by atoms with E-state index in [1.807, 2.05) is 0 Å². The van der Waals surface area contributed by atoms with E-state index in [0.29, 0.717) is 39.2 Å². The summed E-state index contributed by atoms with van der Waals surface area (Å²) in [4.78, 5) is 0. The number of nitrogens with one attached hydrogen (secondary N) is 2. The van der Waals surface area contributed by atoms with Crippen molar-refractivity contribution in [1.29, 1.82) is 0 Å². The van der Waals surface area contributed by atoms with Gasteiger partial charge in [0.05, 0.1) is 0 Å². The summed E-state index contributed by atoms with van der Waals surface area (Å²) in [5.41, 5.74) is 2.17. The SMILES string of the molecule is CC(C)(C)CC1NC(CC(C)(C)C)C2(C)CC1(C)C1C3NC(C12)C1(C)CCC3C1. The second-order valence-electron chi connectivity index (χ2n) is 15.4. The molecule has 166 valence electrons. The average molecular weight is 401 g/mol. The zero-order chi connectivity index (χ0) is 21.2. The first-order chi connectivity index (χ1) is 13.2. The molecule has 0 aromatic heterocycles. The van der Waals surface area contributed by atoms with E-state index in [2.05, 4.69) is 72.9 Å². The van der Waals surface area contributed by atoms with Crippen molar-refractivity contribution in [3.8, 4) is 0 Å². The fourth-order valence-corrected chi connectivity index (χ4v) is 9.63. The first-order valence-electron chi connectivity index (χ1n) is 12.7. The molecule has 5 rings (SSSR count). The third kappa shape index (κ3) is 2.86. The third-order valence-electron chi connectivity index (χ3n) is 10.5. The van der Waals surface area contributed by atoms with Crippen LogP contribution in [-0.2, 0) is 0 Å². The fourth-order valence-electron chi connectivity index (χ4n) is 9.63. The largest absolute Gasteiger partial charge is 0.310 e. The van der Waals surface area contributed by atoms with E-state index in [1.54, 1.807) is 0 Å². The Labute approximate surface area is 180 Å². The minimum atomic E-state index is 0.378. The van der Waals surface area contributed by atoms with Gasteiger partial charge in [0.25, 0.3) is 0 Å². The highest BCUT2D eigenvalue weighted by Crippen LogP contribution is 2.73. The van der Waals surface area contributed by atoms with Gasteiger partial charge in [-0.2, -0.15) is 0 Å². The van der Waals surface area contributed by atoms with Crippen LogP contribution in [0.5, 0.6) is 0 Å². The number of hydrogen-bond acceptors (Lipinski definition) is 2. The van der Waals surface area contributed by atoms with Crippen LogP contribution in [0.2, 0.25) is 0 Å². The summed E-state index contributed by atoms with van der Waals surface area (Å²) >= 11 is 0. The van der Waals surface area contributed by atoms with Gasteiger partial charge < -0.3 is 10.6 Å². The molecule has 10 unspecified atom stereocenters. The Hall–Kier alpha value is -0.0800. The van der Waals surface area contributed by atoms with Gasteiger partial charge in [-0.05, 0) is 83.4 Å². The predicted molar refractivity (Wildman–Crippen MR) is 123 cm³/mol. The summed E-state index contributed by atoms with van der Waals surface area (Å²) in [6.45, 7) is 22.7. The predicted octanol–water partition coefficient (Wildman–Crippen LogP) is 6.01. The van der Waals surface area contributed by atoms with E-state index >= 15 is 0 Å². The lowest BCUT2D eigenvalue weighted by Gasteiger charge is -2.55. The van der Waals surface area contributed by atoms with Crippen LogP contribution < -0.4 is 10.6 Å². The maximum absolute atomic E-state index is 4.36. The average Bonchev–Trinajstić information content (AvgIpc) is 3.12. The molecule has 0 aromatic rings. The smallest absolute Gasteiger partial charge is 0.0161 e. The molecule has 0 radical (unpaired) electrons. The van der Waals surface area contributed by atoms with Crippen LogP contribution in [0.15, 0.2) is 0 Å². The van der Waals surface area contributed by atoms with E-state index in [1.165, 1.54) is 38.5 Å². The third-order valence-corrected chi connectivity index (χ3v) is 10.5. The van der Waals surface area contributed by atoms with E-state index in [0.717, 1.165) is 29.8 Å². The molecule has 2 aliphatic carbocycles. The van der Waals surface area contributed by atoms with Crippen molar-refractivity contribution in [2.75, 3.05) is 0 Å². The van der Waals surface area contributed by atoms with Crippen LogP contribution in [0, 0.1) is 44.8 Å². The van der Waals surface area contributed by atoms with E-state index < -0.39 is 0 Å². The highest BCUT2D eigenvalue weighted by molar-refractivity contribution is 5.28. The van der Waals surface area contributed by atoms with Gasteiger partial charge in [0.2, 0.25) is 0 Å². The van der Waals surface area contributed by atoms with Gasteiger partial charge in [-0.15, -0.1) is 0 Å². The highest BCUT2D eigenvalue weighted by atomic mass is 15.1. The minimum Gasteiger partial charge on any atom is -0.310 e. The molecule has 3 saturated heterocycles.